The number of carbonyl (C=O) groups excluding carboxylic acids is 1. The van der Waals surface area contributed by atoms with Crippen molar-refractivity contribution >= 4 is 5.91 Å². The van der Waals surface area contributed by atoms with Gasteiger partial charge in [0.2, 0.25) is 0 Å². The summed E-state index contributed by atoms with van der Waals surface area (Å²) in [7, 11) is 0. The summed E-state index contributed by atoms with van der Waals surface area (Å²) in [5, 5.41) is 2.98. The summed E-state index contributed by atoms with van der Waals surface area (Å²) in [6.45, 7) is 6.32. The van der Waals surface area contributed by atoms with Crippen LogP contribution in [0.5, 0.6) is 0 Å². The number of nitrogens with zero attached hydrogens (tertiary/aromatic N) is 1. The largest absolute Gasteiger partial charge is 0.345 e. The van der Waals surface area contributed by atoms with Gasteiger partial charge in [0.1, 0.15) is 0 Å². The van der Waals surface area contributed by atoms with Gasteiger partial charge in [-0.15, -0.1) is 0 Å². The molecule has 0 radical (unpaired) electrons. The molecule has 0 spiro atoms. The number of amides is 1. The van der Waals surface area contributed by atoms with Crippen molar-refractivity contribution < 1.29 is 4.79 Å². The molecule has 104 valence electrons. The van der Waals surface area contributed by atoms with Crippen LogP contribution in [0.1, 0.15) is 54.2 Å². The van der Waals surface area contributed by atoms with Crippen LogP contribution in [-0.4, -0.2) is 10.9 Å². The van der Waals surface area contributed by atoms with Gasteiger partial charge in [0, 0.05) is 12.4 Å². The van der Waals surface area contributed by atoms with Crippen LogP contribution in [0, 0.1) is 0 Å². The molecular weight excluding hydrogens is 248 g/mol. The monoisotopic (exact) mass is 268 g/mol. The molecule has 0 aliphatic heterocycles. The van der Waals surface area contributed by atoms with Gasteiger partial charge in [-0.1, -0.05) is 38.1 Å². The lowest BCUT2D eigenvalue weighted by molar-refractivity contribution is 0.0939. The SMILES string of the molecule is CC(C)c1ccc(C(C)NC(=O)c2cccnc2)cc1. The molecule has 0 saturated heterocycles. The lowest BCUT2D eigenvalue weighted by atomic mass is 9.99. The highest BCUT2D eigenvalue weighted by molar-refractivity contribution is 5.94. The zero-order valence-corrected chi connectivity index (χ0v) is 12.1. The molecule has 3 heteroatoms. The molecule has 1 N–H and O–H groups in total. The second-order valence-electron chi connectivity index (χ2n) is 5.26. The quantitative estimate of drug-likeness (QED) is 0.918. The van der Waals surface area contributed by atoms with Crippen LogP contribution in [0.3, 0.4) is 0 Å². The standard InChI is InChI=1S/C17H20N2O/c1-12(2)14-6-8-15(9-7-14)13(3)19-17(20)16-5-4-10-18-11-16/h4-13H,1-3H3,(H,19,20). The first-order valence-electron chi connectivity index (χ1n) is 6.88. The molecule has 20 heavy (non-hydrogen) atoms. The highest BCUT2D eigenvalue weighted by atomic mass is 16.1. The van der Waals surface area contributed by atoms with E-state index >= 15 is 0 Å². The zero-order chi connectivity index (χ0) is 14.5. The third kappa shape index (κ3) is 3.44. The van der Waals surface area contributed by atoms with E-state index in [0.29, 0.717) is 11.5 Å². The third-order valence-electron chi connectivity index (χ3n) is 3.37. The average Bonchev–Trinajstić information content (AvgIpc) is 2.48. The molecule has 1 aromatic carbocycles. The maximum atomic E-state index is 12.1. The topological polar surface area (TPSA) is 42.0 Å². The molecule has 0 bridgehead atoms. The average molecular weight is 268 g/mol. The molecule has 1 amide bonds. The van der Waals surface area contributed by atoms with Gasteiger partial charge in [-0.2, -0.15) is 0 Å². The Labute approximate surface area is 120 Å². The van der Waals surface area contributed by atoms with Crippen molar-refractivity contribution in [1.82, 2.24) is 10.3 Å². The minimum absolute atomic E-state index is 0.0241. The fourth-order valence-electron chi connectivity index (χ4n) is 2.03. The Kier molecular flexibility index (Phi) is 4.51. The summed E-state index contributed by atoms with van der Waals surface area (Å²) in [4.78, 5) is 16.0. The Morgan fingerprint density at radius 2 is 1.70 bits per heavy atom. The Balaban J connectivity index is 2.04. The molecule has 1 unspecified atom stereocenters. The normalized spacial score (nSPS) is 12.2. The molecular formula is C17H20N2O. The highest BCUT2D eigenvalue weighted by Gasteiger charge is 2.11. The predicted molar refractivity (Wildman–Crippen MR) is 80.6 cm³/mol. The molecule has 0 saturated carbocycles. The van der Waals surface area contributed by atoms with E-state index in [-0.39, 0.29) is 11.9 Å². The van der Waals surface area contributed by atoms with Crippen LogP contribution in [0.15, 0.2) is 48.8 Å². The number of pyridine rings is 1. The summed E-state index contributed by atoms with van der Waals surface area (Å²) < 4.78 is 0. The number of hydrogen-bond donors (Lipinski definition) is 1. The van der Waals surface area contributed by atoms with Crippen molar-refractivity contribution in [2.45, 2.75) is 32.7 Å². The number of rotatable bonds is 4. The summed E-state index contributed by atoms with van der Waals surface area (Å²) in [5.74, 6) is 0.419. The van der Waals surface area contributed by atoms with Gasteiger partial charge in [-0.25, -0.2) is 0 Å². The van der Waals surface area contributed by atoms with E-state index in [4.69, 9.17) is 0 Å². The lowest BCUT2D eigenvalue weighted by Crippen LogP contribution is -2.26. The van der Waals surface area contributed by atoms with Crippen molar-refractivity contribution in [1.29, 1.82) is 0 Å². The Hall–Kier alpha value is -2.16. The lowest BCUT2D eigenvalue weighted by Gasteiger charge is -2.15. The summed E-state index contributed by atoms with van der Waals surface area (Å²) in [5.41, 5.74) is 2.99. The van der Waals surface area contributed by atoms with Gasteiger partial charge >= 0.3 is 0 Å². The third-order valence-corrected chi connectivity index (χ3v) is 3.37. The van der Waals surface area contributed by atoms with Crippen LogP contribution in [0.2, 0.25) is 0 Å². The van der Waals surface area contributed by atoms with Crippen molar-refractivity contribution in [3.05, 3.63) is 65.5 Å². The van der Waals surface area contributed by atoms with Gasteiger partial charge in [0.25, 0.3) is 5.91 Å². The second-order valence-corrected chi connectivity index (χ2v) is 5.26. The smallest absolute Gasteiger partial charge is 0.253 e. The van der Waals surface area contributed by atoms with E-state index < -0.39 is 0 Å². The number of carbonyl (C=O) groups is 1. The maximum absolute atomic E-state index is 12.1. The first kappa shape index (κ1) is 14.3. The van der Waals surface area contributed by atoms with Crippen LogP contribution < -0.4 is 5.32 Å². The minimum atomic E-state index is -0.0986. The molecule has 2 rings (SSSR count). The zero-order valence-electron chi connectivity index (χ0n) is 12.1. The van der Waals surface area contributed by atoms with Crippen LogP contribution in [0.25, 0.3) is 0 Å². The van der Waals surface area contributed by atoms with Crippen molar-refractivity contribution in [3.63, 3.8) is 0 Å². The van der Waals surface area contributed by atoms with Crippen LogP contribution in [0.4, 0.5) is 0 Å². The fraction of sp³-hybridized carbons (Fsp3) is 0.294. The summed E-state index contributed by atoms with van der Waals surface area (Å²) in [6, 6.07) is 11.9. The minimum Gasteiger partial charge on any atom is -0.345 e. The molecule has 0 aliphatic carbocycles. The summed E-state index contributed by atoms with van der Waals surface area (Å²) >= 11 is 0. The Morgan fingerprint density at radius 3 is 2.25 bits per heavy atom. The number of nitrogens with one attached hydrogen (secondary N) is 1. The van der Waals surface area contributed by atoms with Crippen molar-refractivity contribution in [2.24, 2.45) is 0 Å². The number of benzene rings is 1. The molecule has 3 nitrogen and oxygen atoms in total. The van der Waals surface area contributed by atoms with Gasteiger partial charge in [-0.3, -0.25) is 9.78 Å². The van der Waals surface area contributed by atoms with E-state index in [2.05, 4.69) is 48.4 Å². The van der Waals surface area contributed by atoms with Crippen molar-refractivity contribution in [3.8, 4) is 0 Å². The first-order valence-corrected chi connectivity index (χ1v) is 6.88. The van der Waals surface area contributed by atoms with Crippen LogP contribution in [-0.2, 0) is 0 Å². The van der Waals surface area contributed by atoms with Gasteiger partial charge in [-0.05, 0) is 36.1 Å². The molecule has 1 atom stereocenters. The van der Waals surface area contributed by atoms with Crippen molar-refractivity contribution in [2.75, 3.05) is 0 Å². The van der Waals surface area contributed by atoms with Gasteiger partial charge in [0.05, 0.1) is 11.6 Å². The molecule has 0 fully saturated rings. The number of hydrogen-bond acceptors (Lipinski definition) is 2. The Bertz CT molecular complexity index is 561. The van der Waals surface area contributed by atoms with E-state index in [1.54, 1.807) is 24.5 Å². The molecule has 2 aromatic rings. The molecule has 0 aliphatic rings. The van der Waals surface area contributed by atoms with E-state index in [1.165, 1.54) is 5.56 Å². The number of aromatic nitrogens is 1. The maximum Gasteiger partial charge on any atom is 0.253 e. The Morgan fingerprint density at radius 1 is 1.05 bits per heavy atom. The van der Waals surface area contributed by atoms with E-state index in [9.17, 15) is 4.79 Å². The fourth-order valence-corrected chi connectivity index (χ4v) is 2.03. The molecule has 1 heterocycles. The van der Waals surface area contributed by atoms with Gasteiger partial charge in [0.15, 0.2) is 0 Å². The second kappa shape index (κ2) is 6.33. The van der Waals surface area contributed by atoms with Crippen LogP contribution >= 0.6 is 0 Å². The first-order chi connectivity index (χ1) is 9.58. The predicted octanol–water partition coefficient (Wildman–Crippen LogP) is 3.70. The summed E-state index contributed by atoms with van der Waals surface area (Å²) in [6.07, 6.45) is 3.23. The van der Waals surface area contributed by atoms with Gasteiger partial charge < -0.3 is 5.32 Å². The molecule has 1 aromatic heterocycles. The highest BCUT2D eigenvalue weighted by Crippen LogP contribution is 2.18. The van der Waals surface area contributed by atoms with E-state index in [1.807, 2.05) is 6.92 Å². The van der Waals surface area contributed by atoms with E-state index in [0.717, 1.165) is 5.56 Å².